The molecule has 0 bridgehead atoms. The van der Waals surface area contributed by atoms with Crippen molar-refractivity contribution < 1.29 is 0 Å². The number of hydrogen-bond donors (Lipinski definition) is 1. The van der Waals surface area contributed by atoms with E-state index in [9.17, 15) is 0 Å². The van der Waals surface area contributed by atoms with E-state index in [1.165, 1.54) is 5.56 Å². The lowest BCUT2D eigenvalue weighted by Gasteiger charge is -2.04. The van der Waals surface area contributed by atoms with E-state index in [0.717, 1.165) is 10.5 Å². The maximum absolute atomic E-state index is 5.71. The molecule has 1 rings (SSSR count). The quantitative estimate of drug-likeness (QED) is 0.691. The molecule has 0 fully saturated rings. The van der Waals surface area contributed by atoms with Gasteiger partial charge in [-0.25, -0.2) is 0 Å². The first-order chi connectivity index (χ1) is 5.59. The van der Waals surface area contributed by atoms with Crippen LogP contribution in [-0.2, 0) is 6.42 Å². The molecule has 0 unspecified atom stereocenters. The molecule has 12 heavy (non-hydrogen) atoms. The summed E-state index contributed by atoms with van der Waals surface area (Å²) in [4.78, 5) is 0.974. The van der Waals surface area contributed by atoms with Crippen molar-refractivity contribution in [3.63, 3.8) is 0 Å². The number of aryl methyl sites for hydroxylation is 1. The van der Waals surface area contributed by atoms with Gasteiger partial charge >= 0.3 is 0 Å². The first-order valence-corrected chi connectivity index (χ1v) is 4.54. The van der Waals surface area contributed by atoms with Crippen molar-refractivity contribution in [2.24, 2.45) is 0 Å². The molecule has 0 aromatic heterocycles. The van der Waals surface area contributed by atoms with Crippen LogP contribution in [0.1, 0.15) is 11.1 Å². The Morgan fingerprint density at radius 1 is 1.58 bits per heavy atom. The molecule has 0 amide bonds. The van der Waals surface area contributed by atoms with Gasteiger partial charge in [-0.2, -0.15) is 0 Å². The summed E-state index contributed by atoms with van der Waals surface area (Å²) in [6.45, 7) is 5.70. The van der Waals surface area contributed by atoms with Crippen molar-refractivity contribution in [1.82, 2.24) is 0 Å². The van der Waals surface area contributed by atoms with Gasteiger partial charge in [0.25, 0.3) is 0 Å². The third kappa shape index (κ3) is 2.58. The lowest BCUT2D eigenvalue weighted by Crippen LogP contribution is -1.87. The summed E-state index contributed by atoms with van der Waals surface area (Å²) < 4.78 is 0. The standard InChI is InChI=1S/C10H11ClS/c1-7-3-4-10(12)9(5-7)6-8(2)11/h3-5,12H,2,6H2,1H3. The van der Waals surface area contributed by atoms with Crippen molar-refractivity contribution in [2.45, 2.75) is 18.2 Å². The normalized spacial score (nSPS) is 9.92. The Balaban J connectivity index is 2.97. The molecule has 0 spiro atoms. The highest BCUT2D eigenvalue weighted by molar-refractivity contribution is 7.80. The average molecular weight is 199 g/mol. The van der Waals surface area contributed by atoms with E-state index in [-0.39, 0.29) is 0 Å². The maximum atomic E-state index is 5.71. The first-order valence-electron chi connectivity index (χ1n) is 3.71. The van der Waals surface area contributed by atoms with Gasteiger partial charge in [-0.05, 0) is 18.6 Å². The molecule has 0 aliphatic heterocycles. The van der Waals surface area contributed by atoms with E-state index in [2.05, 4.69) is 25.3 Å². The molecule has 0 aliphatic rings. The fourth-order valence-electron chi connectivity index (χ4n) is 1.06. The third-order valence-corrected chi connectivity index (χ3v) is 2.19. The second-order valence-corrected chi connectivity index (χ2v) is 3.84. The molecular weight excluding hydrogens is 188 g/mol. The Bertz CT molecular complexity index is 305. The Hall–Kier alpha value is -0.400. The molecule has 2 heteroatoms. The van der Waals surface area contributed by atoms with Gasteiger partial charge in [0.2, 0.25) is 0 Å². The topological polar surface area (TPSA) is 0 Å². The van der Waals surface area contributed by atoms with Crippen molar-refractivity contribution >= 4 is 24.2 Å². The van der Waals surface area contributed by atoms with Crippen LogP contribution in [0.3, 0.4) is 0 Å². The SMILES string of the molecule is C=C(Cl)Cc1cc(C)ccc1S. The van der Waals surface area contributed by atoms with Crippen LogP contribution in [0.25, 0.3) is 0 Å². The maximum Gasteiger partial charge on any atom is 0.0153 e. The summed E-state index contributed by atoms with van der Waals surface area (Å²) in [5.41, 5.74) is 2.36. The summed E-state index contributed by atoms with van der Waals surface area (Å²) >= 11 is 10.0. The Morgan fingerprint density at radius 2 is 2.25 bits per heavy atom. The highest BCUT2D eigenvalue weighted by atomic mass is 35.5. The van der Waals surface area contributed by atoms with Gasteiger partial charge in [0.05, 0.1) is 0 Å². The molecule has 0 radical (unpaired) electrons. The van der Waals surface area contributed by atoms with Crippen molar-refractivity contribution in [3.05, 3.63) is 40.9 Å². The highest BCUT2D eigenvalue weighted by Gasteiger charge is 1.99. The second kappa shape index (κ2) is 4.01. The molecule has 0 saturated heterocycles. The molecule has 0 nitrogen and oxygen atoms in total. The minimum absolute atomic E-state index is 0.649. The predicted octanol–water partition coefficient (Wildman–Crippen LogP) is 3.58. The molecule has 1 aromatic rings. The van der Waals surface area contributed by atoms with Crippen molar-refractivity contribution in [3.8, 4) is 0 Å². The van der Waals surface area contributed by atoms with Gasteiger partial charge in [-0.1, -0.05) is 35.9 Å². The van der Waals surface area contributed by atoms with Gasteiger partial charge in [0.1, 0.15) is 0 Å². The molecule has 64 valence electrons. The van der Waals surface area contributed by atoms with Gasteiger partial charge in [0.15, 0.2) is 0 Å². The van der Waals surface area contributed by atoms with E-state index in [1.54, 1.807) is 0 Å². The zero-order chi connectivity index (χ0) is 9.14. The van der Waals surface area contributed by atoms with Gasteiger partial charge in [-0.3, -0.25) is 0 Å². The Kier molecular flexibility index (Phi) is 3.24. The minimum atomic E-state index is 0.649. The summed E-state index contributed by atoms with van der Waals surface area (Å²) in [7, 11) is 0. The smallest absolute Gasteiger partial charge is 0.0153 e. The van der Waals surface area contributed by atoms with Crippen LogP contribution in [0, 0.1) is 6.92 Å². The van der Waals surface area contributed by atoms with Crippen LogP contribution < -0.4 is 0 Å². The van der Waals surface area contributed by atoms with Gasteiger partial charge in [-0.15, -0.1) is 12.6 Å². The monoisotopic (exact) mass is 198 g/mol. The van der Waals surface area contributed by atoms with Crippen molar-refractivity contribution in [1.29, 1.82) is 0 Å². The zero-order valence-corrected chi connectivity index (χ0v) is 8.62. The van der Waals surface area contributed by atoms with E-state index in [0.29, 0.717) is 11.5 Å². The largest absolute Gasteiger partial charge is 0.143 e. The van der Waals surface area contributed by atoms with Gasteiger partial charge < -0.3 is 0 Å². The van der Waals surface area contributed by atoms with E-state index in [1.807, 2.05) is 19.1 Å². The number of allylic oxidation sites excluding steroid dienone is 1. The average Bonchev–Trinajstić information content (AvgIpc) is 1.96. The zero-order valence-electron chi connectivity index (χ0n) is 6.97. The van der Waals surface area contributed by atoms with Crippen LogP contribution in [0.15, 0.2) is 34.7 Å². The second-order valence-electron chi connectivity index (χ2n) is 2.83. The van der Waals surface area contributed by atoms with E-state index < -0.39 is 0 Å². The van der Waals surface area contributed by atoms with E-state index in [4.69, 9.17) is 11.6 Å². The molecule has 1 aromatic carbocycles. The van der Waals surface area contributed by atoms with E-state index >= 15 is 0 Å². The summed E-state index contributed by atoms with van der Waals surface area (Å²) in [6, 6.07) is 6.09. The molecule has 0 heterocycles. The summed E-state index contributed by atoms with van der Waals surface area (Å²) in [5, 5.41) is 0.649. The minimum Gasteiger partial charge on any atom is -0.143 e. The van der Waals surface area contributed by atoms with Crippen LogP contribution in [0.4, 0.5) is 0 Å². The van der Waals surface area contributed by atoms with Crippen LogP contribution in [0.2, 0.25) is 0 Å². The Labute approximate surface area is 83.7 Å². The number of halogens is 1. The fraction of sp³-hybridized carbons (Fsp3) is 0.200. The molecule has 0 aliphatic carbocycles. The number of thiol groups is 1. The molecule has 0 N–H and O–H groups in total. The Morgan fingerprint density at radius 3 is 2.83 bits per heavy atom. The highest BCUT2D eigenvalue weighted by Crippen LogP contribution is 2.19. The fourth-order valence-corrected chi connectivity index (χ4v) is 1.42. The summed E-state index contributed by atoms with van der Waals surface area (Å²) in [6.07, 6.45) is 0.696. The third-order valence-electron chi connectivity index (χ3n) is 1.62. The van der Waals surface area contributed by atoms with Crippen LogP contribution in [-0.4, -0.2) is 0 Å². The van der Waals surface area contributed by atoms with Gasteiger partial charge in [0, 0.05) is 16.3 Å². The predicted molar refractivity (Wildman–Crippen MR) is 57.1 cm³/mol. The van der Waals surface area contributed by atoms with Crippen LogP contribution >= 0.6 is 24.2 Å². The molecule has 0 atom stereocenters. The first kappa shape index (κ1) is 9.69. The molecule has 0 saturated carbocycles. The van der Waals surface area contributed by atoms with Crippen LogP contribution in [0.5, 0.6) is 0 Å². The number of benzene rings is 1. The lowest BCUT2D eigenvalue weighted by atomic mass is 10.1. The molecular formula is C10H11ClS. The number of rotatable bonds is 2. The number of hydrogen-bond acceptors (Lipinski definition) is 1. The summed E-state index contributed by atoms with van der Waals surface area (Å²) in [5.74, 6) is 0. The lowest BCUT2D eigenvalue weighted by molar-refractivity contribution is 1.15. The van der Waals surface area contributed by atoms with Crippen molar-refractivity contribution in [2.75, 3.05) is 0 Å².